The summed E-state index contributed by atoms with van der Waals surface area (Å²) < 4.78 is 34.2. The quantitative estimate of drug-likeness (QED) is 0.806. The van der Waals surface area contributed by atoms with E-state index < -0.39 is 21.1 Å². The Morgan fingerprint density at radius 2 is 2.00 bits per heavy atom. The minimum atomic E-state index is -3.51. The van der Waals surface area contributed by atoms with Gasteiger partial charge in [0.05, 0.1) is 17.6 Å². The average Bonchev–Trinajstić information content (AvgIpc) is 2.15. The van der Waals surface area contributed by atoms with Gasteiger partial charge in [-0.2, -0.15) is 0 Å². The van der Waals surface area contributed by atoms with Crippen molar-refractivity contribution >= 4 is 10.0 Å². The Labute approximate surface area is 87.6 Å². The van der Waals surface area contributed by atoms with Crippen LogP contribution in [-0.4, -0.2) is 23.6 Å². The van der Waals surface area contributed by atoms with Crippen molar-refractivity contribution in [2.45, 2.75) is 25.0 Å². The van der Waals surface area contributed by atoms with Crippen molar-refractivity contribution in [2.75, 3.05) is 0 Å². The van der Waals surface area contributed by atoms with E-state index in [4.69, 9.17) is 5.14 Å². The van der Waals surface area contributed by atoms with Gasteiger partial charge in [0, 0.05) is 6.42 Å². The highest BCUT2D eigenvalue weighted by Gasteiger charge is 2.15. The maximum Gasteiger partial charge on any atom is 0.211 e. The lowest BCUT2D eigenvalue weighted by molar-refractivity contribution is 0.575. The van der Waals surface area contributed by atoms with Crippen LogP contribution in [0.4, 0.5) is 4.39 Å². The summed E-state index contributed by atoms with van der Waals surface area (Å²) in [5, 5.41) is 4.29. The molecule has 2 N–H and O–H groups in total. The summed E-state index contributed by atoms with van der Waals surface area (Å²) in [5.41, 5.74) is 0. The van der Waals surface area contributed by atoms with Gasteiger partial charge in [-0.15, -0.1) is 0 Å². The highest BCUT2D eigenvalue weighted by molar-refractivity contribution is 7.89. The first-order valence-electron chi connectivity index (χ1n) is 4.37. The van der Waals surface area contributed by atoms with Crippen molar-refractivity contribution in [1.82, 2.24) is 9.97 Å². The third-order valence-corrected chi connectivity index (χ3v) is 3.37. The topological polar surface area (TPSA) is 85.9 Å². The predicted octanol–water partition coefficient (Wildman–Crippen LogP) is 0.225. The van der Waals surface area contributed by atoms with Crippen molar-refractivity contribution in [3.63, 3.8) is 0 Å². The van der Waals surface area contributed by atoms with Gasteiger partial charge in [0.15, 0.2) is 5.82 Å². The van der Waals surface area contributed by atoms with Gasteiger partial charge in [0.25, 0.3) is 0 Å². The van der Waals surface area contributed by atoms with Gasteiger partial charge in [0.2, 0.25) is 10.0 Å². The fourth-order valence-electron chi connectivity index (χ4n) is 0.965. The lowest BCUT2D eigenvalue weighted by Gasteiger charge is -2.07. The first kappa shape index (κ1) is 12.0. The largest absolute Gasteiger partial charge is 0.238 e. The normalized spacial score (nSPS) is 13.8. The molecule has 0 radical (unpaired) electrons. The molecule has 15 heavy (non-hydrogen) atoms. The summed E-state index contributed by atoms with van der Waals surface area (Å²) in [7, 11) is -3.51. The molecule has 1 aromatic heterocycles. The molecule has 84 valence electrons. The number of aryl methyl sites for hydroxylation is 1. The van der Waals surface area contributed by atoms with E-state index in [9.17, 15) is 12.8 Å². The van der Waals surface area contributed by atoms with E-state index in [0.29, 0.717) is 18.7 Å². The highest BCUT2D eigenvalue weighted by atomic mass is 32.2. The summed E-state index contributed by atoms with van der Waals surface area (Å²) in [6.07, 6.45) is 2.77. The van der Waals surface area contributed by atoms with Crippen LogP contribution in [0, 0.1) is 5.82 Å². The molecule has 1 rings (SSSR count). The van der Waals surface area contributed by atoms with E-state index in [1.165, 1.54) is 6.92 Å². The summed E-state index contributed by atoms with van der Waals surface area (Å²) in [6.45, 7) is 1.51. The number of nitrogens with zero attached hydrogens (tertiary/aromatic N) is 2. The number of primary sulfonamides is 1. The highest BCUT2D eigenvalue weighted by Crippen LogP contribution is 2.05. The van der Waals surface area contributed by atoms with Crippen LogP contribution in [-0.2, 0) is 16.4 Å². The van der Waals surface area contributed by atoms with E-state index in [1.54, 1.807) is 0 Å². The molecule has 0 aromatic carbocycles. The number of aromatic nitrogens is 2. The van der Waals surface area contributed by atoms with Gasteiger partial charge in [-0.25, -0.2) is 27.9 Å². The molecule has 1 aromatic rings. The Morgan fingerprint density at radius 3 is 2.47 bits per heavy atom. The summed E-state index contributed by atoms with van der Waals surface area (Å²) in [4.78, 5) is 7.42. The number of hydrogen-bond acceptors (Lipinski definition) is 4. The van der Waals surface area contributed by atoms with Crippen LogP contribution in [0.5, 0.6) is 0 Å². The lowest BCUT2D eigenvalue weighted by Crippen LogP contribution is -2.26. The van der Waals surface area contributed by atoms with Crippen LogP contribution < -0.4 is 5.14 Å². The third kappa shape index (κ3) is 3.88. The molecule has 7 heteroatoms. The summed E-state index contributed by atoms with van der Waals surface area (Å²) >= 11 is 0. The Hall–Kier alpha value is -1.08. The van der Waals surface area contributed by atoms with Gasteiger partial charge >= 0.3 is 0 Å². The second-order valence-corrected chi connectivity index (χ2v) is 5.24. The fraction of sp³-hybridized carbons (Fsp3) is 0.500. The minimum Gasteiger partial charge on any atom is -0.238 e. The van der Waals surface area contributed by atoms with Crippen molar-refractivity contribution in [1.29, 1.82) is 0 Å². The zero-order valence-corrected chi connectivity index (χ0v) is 9.04. The Balaban J connectivity index is 2.55. The molecule has 0 fully saturated rings. The van der Waals surface area contributed by atoms with Gasteiger partial charge in [-0.1, -0.05) is 0 Å². The van der Waals surface area contributed by atoms with Crippen LogP contribution in [0.25, 0.3) is 0 Å². The molecule has 0 amide bonds. The zero-order valence-electron chi connectivity index (χ0n) is 8.22. The van der Waals surface area contributed by atoms with E-state index in [-0.39, 0.29) is 0 Å². The lowest BCUT2D eigenvalue weighted by atomic mass is 10.2. The standard InChI is InChI=1S/C8H12FN3O2S/c1-6(15(10,13)14)2-3-8-11-4-7(9)5-12-8/h4-6H,2-3H2,1H3,(H2,10,13,14). The predicted molar refractivity (Wildman–Crippen MR) is 52.9 cm³/mol. The maximum absolute atomic E-state index is 12.4. The smallest absolute Gasteiger partial charge is 0.211 e. The molecule has 0 spiro atoms. The number of hydrogen-bond donors (Lipinski definition) is 1. The molecule has 0 saturated carbocycles. The van der Waals surface area contributed by atoms with Crippen molar-refractivity contribution in [3.8, 4) is 0 Å². The number of sulfonamides is 1. The molecule has 0 saturated heterocycles. The Morgan fingerprint density at radius 1 is 1.47 bits per heavy atom. The first-order valence-corrected chi connectivity index (χ1v) is 5.98. The van der Waals surface area contributed by atoms with Crippen LogP contribution in [0.1, 0.15) is 19.2 Å². The molecule has 5 nitrogen and oxygen atoms in total. The minimum absolute atomic E-state index is 0.324. The molecular formula is C8H12FN3O2S. The summed E-state index contributed by atoms with van der Waals surface area (Å²) in [5.74, 6) is -0.106. The van der Waals surface area contributed by atoms with Gasteiger partial charge in [-0.3, -0.25) is 0 Å². The Bertz CT molecular complexity index is 418. The SMILES string of the molecule is CC(CCc1ncc(F)cn1)S(N)(=O)=O. The second-order valence-electron chi connectivity index (χ2n) is 3.26. The first-order chi connectivity index (χ1) is 6.89. The number of rotatable bonds is 4. The van der Waals surface area contributed by atoms with Crippen LogP contribution in [0.3, 0.4) is 0 Å². The fourth-order valence-corrected chi connectivity index (χ4v) is 1.41. The van der Waals surface area contributed by atoms with E-state index in [0.717, 1.165) is 12.4 Å². The number of halogens is 1. The maximum atomic E-state index is 12.4. The van der Waals surface area contributed by atoms with E-state index >= 15 is 0 Å². The summed E-state index contributed by atoms with van der Waals surface area (Å²) in [6, 6.07) is 0. The van der Waals surface area contributed by atoms with Gasteiger partial charge < -0.3 is 0 Å². The molecule has 0 aliphatic heterocycles. The van der Waals surface area contributed by atoms with Crippen molar-refractivity contribution in [3.05, 3.63) is 24.0 Å². The van der Waals surface area contributed by atoms with Gasteiger partial charge in [0.1, 0.15) is 5.82 Å². The number of nitrogens with two attached hydrogens (primary N) is 1. The third-order valence-electron chi connectivity index (χ3n) is 2.01. The van der Waals surface area contributed by atoms with E-state index in [1.807, 2.05) is 0 Å². The molecule has 0 aliphatic carbocycles. The molecule has 0 bridgehead atoms. The Kier molecular flexibility index (Phi) is 3.70. The molecular weight excluding hydrogens is 221 g/mol. The van der Waals surface area contributed by atoms with Crippen molar-refractivity contribution < 1.29 is 12.8 Å². The van der Waals surface area contributed by atoms with E-state index in [2.05, 4.69) is 9.97 Å². The van der Waals surface area contributed by atoms with Crippen LogP contribution in [0.15, 0.2) is 12.4 Å². The molecule has 1 atom stereocenters. The van der Waals surface area contributed by atoms with Crippen LogP contribution in [0.2, 0.25) is 0 Å². The second kappa shape index (κ2) is 4.63. The van der Waals surface area contributed by atoms with Gasteiger partial charge in [-0.05, 0) is 13.3 Å². The molecule has 1 unspecified atom stereocenters. The molecule has 1 heterocycles. The average molecular weight is 233 g/mol. The molecule has 0 aliphatic rings. The monoisotopic (exact) mass is 233 g/mol. The van der Waals surface area contributed by atoms with Crippen LogP contribution >= 0.6 is 0 Å². The zero-order chi connectivity index (χ0) is 11.5. The van der Waals surface area contributed by atoms with Crippen molar-refractivity contribution in [2.24, 2.45) is 5.14 Å².